The van der Waals surface area contributed by atoms with Crippen LogP contribution in [0.15, 0.2) is 66.7 Å². The van der Waals surface area contributed by atoms with Crippen LogP contribution in [0.4, 0.5) is 4.39 Å². The van der Waals surface area contributed by atoms with Crippen molar-refractivity contribution >= 4 is 23.5 Å². The standard InChI is InChI=1S/C21H16ClFN2O3/c22-15-8-3-1-6-13(15)17-10-5-11-18(24-17)21(28)25-19(12-20(26)27)14-7-2-4-9-16(14)23/h1-11,19H,12H2,(H,25,28)(H,26,27)/t19-/m0/s1. The van der Waals surface area contributed by atoms with Crippen molar-refractivity contribution in [3.8, 4) is 11.3 Å². The first-order chi connectivity index (χ1) is 13.5. The summed E-state index contributed by atoms with van der Waals surface area (Å²) < 4.78 is 14.1. The fraction of sp³-hybridized carbons (Fsp3) is 0.0952. The van der Waals surface area contributed by atoms with Gasteiger partial charge >= 0.3 is 5.97 Å². The van der Waals surface area contributed by atoms with E-state index in [9.17, 15) is 14.0 Å². The molecule has 0 saturated heterocycles. The largest absolute Gasteiger partial charge is 0.481 e. The van der Waals surface area contributed by atoms with Crippen LogP contribution in [0.25, 0.3) is 11.3 Å². The van der Waals surface area contributed by atoms with Crippen molar-refractivity contribution in [2.24, 2.45) is 0 Å². The molecule has 2 aromatic carbocycles. The number of carbonyl (C=O) groups excluding carboxylic acids is 1. The van der Waals surface area contributed by atoms with E-state index in [1.807, 2.05) is 0 Å². The predicted octanol–water partition coefficient (Wildman–Crippen LogP) is 4.49. The third kappa shape index (κ3) is 4.53. The molecular formula is C21H16ClFN2O3. The van der Waals surface area contributed by atoms with Gasteiger partial charge in [-0.1, -0.05) is 54.1 Å². The van der Waals surface area contributed by atoms with Crippen molar-refractivity contribution in [1.29, 1.82) is 0 Å². The fourth-order valence-corrected chi connectivity index (χ4v) is 3.02. The highest BCUT2D eigenvalue weighted by Gasteiger charge is 2.22. The van der Waals surface area contributed by atoms with Crippen molar-refractivity contribution in [3.63, 3.8) is 0 Å². The maximum atomic E-state index is 14.1. The molecule has 28 heavy (non-hydrogen) atoms. The van der Waals surface area contributed by atoms with Gasteiger partial charge in [0.1, 0.15) is 11.5 Å². The van der Waals surface area contributed by atoms with Crippen LogP contribution in [0, 0.1) is 5.82 Å². The number of nitrogens with zero attached hydrogens (tertiary/aromatic N) is 1. The van der Waals surface area contributed by atoms with Crippen molar-refractivity contribution < 1.29 is 19.1 Å². The predicted molar refractivity (Wildman–Crippen MR) is 104 cm³/mol. The lowest BCUT2D eigenvalue weighted by molar-refractivity contribution is -0.137. The molecule has 1 amide bonds. The molecule has 5 nitrogen and oxygen atoms in total. The van der Waals surface area contributed by atoms with Gasteiger partial charge < -0.3 is 10.4 Å². The Morgan fingerprint density at radius 3 is 2.46 bits per heavy atom. The van der Waals surface area contributed by atoms with Crippen LogP contribution in [0.3, 0.4) is 0 Å². The average molecular weight is 399 g/mol. The Morgan fingerprint density at radius 1 is 1.04 bits per heavy atom. The van der Waals surface area contributed by atoms with Crippen molar-refractivity contribution in [1.82, 2.24) is 10.3 Å². The van der Waals surface area contributed by atoms with Crippen LogP contribution in [0.2, 0.25) is 5.02 Å². The molecule has 0 bridgehead atoms. The normalized spacial score (nSPS) is 11.6. The summed E-state index contributed by atoms with van der Waals surface area (Å²) in [6.07, 6.45) is -0.461. The number of carbonyl (C=O) groups is 2. The molecule has 0 aliphatic rings. The molecule has 0 spiro atoms. The van der Waals surface area contributed by atoms with Gasteiger partial charge in [0, 0.05) is 16.1 Å². The Morgan fingerprint density at radius 2 is 1.75 bits per heavy atom. The lowest BCUT2D eigenvalue weighted by atomic mass is 10.0. The number of amides is 1. The summed E-state index contributed by atoms with van der Waals surface area (Å²) in [4.78, 5) is 28.2. The number of rotatable bonds is 6. The molecule has 7 heteroatoms. The third-order valence-electron chi connectivity index (χ3n) is 4.10. The minimum absolute atomic E-state index is 0.0733. The second-order valence-electron chi connectivity index (χ2n) is 6.03. The molecule has 0 aliphatic carbocycles. The Balaban J connectivity index is 1.88. The second kappa shape index (κ2) is 8.63. The summed E-state index contributed by atoms with van der Waals surface area (Å²) in [6.45, 7) is 0. The minimum atomic E-state index is -1.16. The molecule has 1 atom stereocenters. The highest BCUT2D eigenvalue weighted by molar-refractivity contribution is 6.33. The monoisotopic (exact) mass is 398 g/mol. The number of aliphatic carboxylic acids is 1. The average Bonchev–Trinajstić information content (AvgIpc) is 2.68. The van der Waals surface area contributed by atoms with Crippen molar-refractivity contribution in [2.75, 3.05) is 0 Å². The second-order valence-corrected chi connectivity index (χ2v) is 6.44. The van der Waals surface area contributed by atoms with Crippen molar-refractivity contribution in [3.05, 3.63) is 88.8 Å². The molecule has 0 radical (unpaired) electrons. The Bertz CT molecular complexity index is 1030. The van der Waals surface area contributed by atoms with E-state index < -0.39 is 30.2 Å². The van der Waals surface area contributed by atoms with Crippen LogP contribution < -0.4 is 5.32 Å². The topological polar surface area (TPSA) is 79.3 Å². The number of carboxylic acids is 1. The first-order valence-corrected chi connectivity index (χ1v) is 8.82. The Labute approximate surface area is 165 Å². The smallest absolute Gasteiger partial charge is 0.305 e. The molecule has 3 rings (SSSR count). The number of carboxylic acid groups (broad SMARTS) is 1. The van der Waals surface area contributed by atoms with E-state index >= 15 is 0 Å². The van der Waals surface area contributed by atoms with E-state index in [1.54, 1.807) is 42.5 Å². The highest BCUT2D eigenvalue weighted by atomic mass is 35.5. The first-order valence-electron chi connectivity index (χ1n) is 8.44. The number of aromatic nitrogens is 1. The lowest BCUT2D eigenvalue weighted by Gasteiger charge is -2.18. The molecule has 1 heterocycles. The quantitative estimate of drug-likeness (QED) is 0.641. The molecule has 2 N–H and O–H groups in total. The number of benzene rings is 2. The third-order valence-corrected chi connectivity index (χ3v) is 4.43. The number of hydrogen-bond acceptors (Lipinski definition) is 3. The highest BCUT2D eigenvalue weighted by Crippen LogP contribution is 2.26. The summed E-state index contributed by atoms with van der Waals surface area (Å²) in [5.41, 5.74) is 1.33. The van der Waals surface area contributed by atoms with Gasteiger partial charge in [-0.3, -0.25) is 9.59 Å². The van der Waals surface area contributed by atoms with Gasteiger partial charge in [-0.25, -0.2) is 9.37 Å². The van der Waals surface area contributed by atoms with Gasteiger partial charge in [-0.2, -0.15) is 0 Å². The molecule has 0 saturated carbocycles. The van der Waals surface area contributed by atoms with E-state index in [2.05, 4.69) is 10.3 Å². The summed E-state index contributed by atoms with van der Waals surface area (Å²) in [6, 6.07) is 16.6. The van der Waals surface area contributed by atoms with Gasteiger partial charge in [-0.15, -0.1) is 0 Å². The Kier molecular flexibility index (Phi) is 6.01. The molecule has 142 valence electrons. The van der Waals surface area contributed by atoms with Gasteiger partial charge in [0.2, 0.25) is 0 Å². The molecule has 0 aliphatic heterocycles. The van der Waals surface area contributed by atoms with E-state index in [0.29, 0.717) is 16.3 Å². The van der Waals surface area contributed by atoms with E-state index in [0.717, 1.165) is 0 Å². The number of pyridine rings is 1. The van der Waals surface area contributed by atoms with Crippen LogP contribution >= 0.6 is 11.6 Å². The van der Waals surface area contributed by atoms with Crippen molar-refractivity contribution in [2.45, 2.75) is 12.5 Å². The van der Waals surface area contributed by atoms with Gasteiger partial charge in [0.25, 0.3) is 5.91 Å². The van der Waals surface area contributed by atoms with Gasteiger partial charge in [0.05, 0.1) is 18.2 Å². The molecule has 0 unspecified atom stereocenters. The SMILES string of the molecule is O=C(O)C[C@H](NC(=O)c1cccc(-c2ccccc2Cl)n1)c1ccccc1F. The maximum Gasteiger partial charge on any atom is 0.305 e. The van der Waals surface area contributed by atoms with E-state index in [4.69, 9.17) is 16.7 Å². The summed E-state index contributed by atoms with van der Waals surface area (Å²) in [7, 11) is 0. The zero-order valence-corrected chi connectivity index (χ0v) is 15.4. The van der Waals surface area contributed by atoms with E-state index in [-0.39, 0.29) is 11.3 Å². The summed E-state index contributed by atoms with van der Waals surface area (Å²) >= 11 is 6.18. The van der Waals surface area contributed by atoms with Crippen LogP contribution in [-0.2, 0) is 4.79 Å². The maximum absolute atomic E-state index is 14.1. The van der Waals surface area contributed by atoms with Crippen LogP contribution in [0.1, 0.15) is 28.5 Å². The zero-order chi connectivity index (χ0) is 20.1. The molecular weight excluding hydrogens is 383 g/mol. The molecule has 3 aromatic rings. The zero-order valence-electron chi connectivity index (χ0n) is 14.6. The molecule has 0 fully saturated rings. The van der Waals surface area contributed by atoms with Gasteiger partial charge in [0.15, 0.2) is 0 Å². The van der Waals surface area contributed by atoms with Gasteiger partial charge in [-0.05, 0) is 24.3 Å². The van der Waals surface area contributed by atoms with Crippen LogP contribution in [0.5, 0.6) is 0 Å². The lowest BCUT2D eigenvalue weighted by Crippen LogP contribution is -2.31. The fourth-order valence-electron chi connectivity index (χ4n) is 2.78. The Hall–Kier alpha value is -3.25. The first kappa shape index (κ1) is 19.5. The van der Waals surface area contributed by atoms with Crippen LogP contribution in [-0.4, -0.2) is 22.0 Å². The minimum Gasteiger partial charge on any atom is -0.481 e. The molecule has 1 aromatic heterocycles. The number of hydrogen-bond donors (Lipinski definition) is 2. The van der Waals surface area contributed by atoms with E-state index in [1.165, 1.54) is 24.3 Å². The summed E-state index contributed by atoms with van der Waals surface area (Å²) in [5, 5.41) is 12.2. The number of nitrogens with one attached hydrogen (secondary N) is 1. The summed E-state index contributed by atoms with van der Waals surface area (Å²) in [5.74, 6) is -2.36. The number of halogens is 2.